The third kappa shape index (κ3) is 3.85. The van der Waals surface area contributed by atoms with Crippen molar-refractivity contribution < 1.29 is 14.5 Å². The van der Waals surface area contributed by atoms with E-state index in [2.05, 4.69) is 21.2 Å². The second-order valence-corrected chi connectivity index (χ2v) is 6.59. The highest BCUT2D eigenvalue weighted by atomic mass is 79.9. The smallest absolute Gasteiger partial charge is 0.269 e. The number of amides is 2. The number of halogens is 1. The van der Waals surface area contributed by atoms with Crippen LogP contribution in [0.1, 0.15) is 6.42 Å². The molecule has 1 N–H and O–H groups in total. The van der Waals surface area contributed by atoms with Gasteiger partial charge in [-0.2, -0.15) is 0 Å². The molecular weight excluding hydrogens is 390 g/mol. The van der Waals surface area contributed by atoms with Crippen LogP contribution in [0.4, 0.5) is 17.1 Å². The van der Waals surface area contributed by atoms with Crippen molar-refractivity contribution in [3.05, 3.63) is 63.1 Å². The molecule has 0 aliphatic carbocycles. The predicted octanol–water partition coefficient (Wildman–Crippen LogP) is 3.35. The Morgan fingerprint density at radius 1 is 1.16 bits per heavy atom. The molecule has 3 rings (SSSR count). The summed E-state index contributed by atoms with van der Waals surface area (Å²) in [6.07, 6.45) is 0.110. The monoisotopic (exact) mass is 403 g/mol. The van der Waals surface area contributed by atoms with E-state index in [1.54, 1.807) is 12.1 Å². The van der Waals surface area contributed by atoms with Crippen LogP contribution < -0.4 is 10.2 Å². The zero-order valence-electron chi connectivity index (χ0n) is 13.0. The van der Waals surface area contributed by atoms with E-state index >= 15 is 0 Å². The molecule has 128 valence electrons. The Kier molecular flexibility index (Phi) is 4.80. The van der Waals surface area contributed by atoms with E-state index < -0.39 is 10.8 Å². The average Bonchev–Trinajstić information content (AvgIpc) is 2.99. The molecule has 2 amide bonds. The number of non-ortho nitro benzene ring substituents is 1. The number of anilines is 2. The first-order valence-electron chi connectivity index (χ1n) is 7.55. The molecule has 1 saturated heterocycles. The molecule has 1 heterocycles. The molecule has 1 atom stereocenters. The number of nitrogens with zero attached hydrogens (tertiary/aromatic N) is 2. The summed E-state index contributed by atoms with van der Waals surface area (Å²) in [4.78, 5) is 36.3. The van der Waals surface area contributed by atoms with Crippen molar-refractivity contribution in [2.45, 2.75) is 6.42 Å². The summed E-state index contributed by atoms with van der Waals surface area (Å²) in [5.74, 6) is -0.865. The second-order valence-electron chi connectivity index (χ2n) is 5.68. The van der Waals surface area contributed by atoms with Gasteiger partial charge in [-0.3, -0.25) is 19.7 Å². The lowest BCUT2D eigenvalue weighted by Crippen LogP contribution is -2.28. The van der Waals surface area contributed by atoms with Gasteiger partial charge in [0, 0.05) is 40.9 Å². The highest BCUT2D eigenvalue weighted by Crippen LogP contribution is 2.27. The second kappa shape index (κ2) is 7.02. The maximum atomic E-state index is 12.4. The van der Waals surface area contributed by atoms with Gasteiger partial charge in [0.2, 0.25) is 11.8 Å². The van der Waals surface area contributed by atoms with Crippen LogP contribution in [-0.4, -0.2) is 23.3 Å². The van der Waals surface area contributed by atoms with E-state index in [9.17, 15) is 19.7 Å². The fourth-order valence-electron chi connectivity index (χ4n) is 2.66. The number of benzene rings is 2. The van der Waals surface area contributed by atoms with E-state index in [1.165, 1.54) is 29.2 Å². The molecule has 0 unspecified atom stereocenters. The quantitative estimate of drug-likeness (QED) is 0.625. The molecule has 0 bridgehead atoms. The van der Waals surface area contributed by atoms with Gasteiger partial charge in [-0.25, -0.2) is 0 Å². The normalized spacial score (nSPS) is 16.8. The van der Waals surface area contributed by atoms with E-state index in [0.29, 0.717) is 11.4 Å². The molecule has 25 heavy (non-hydrogen) atoms. The summed E-state index contributed by atoms with van der Waals surface area (Å²) >= 11 is 3.33. The Balaban J connectivity index is 1.68. The first kappa shape index (κ1) is 17.1. The third-order valence-corrected chi connectivity index (χ3v) is 4.51. The van der Waals surface area contributed by atoms with E-state index in [1.807, 2.05) is 12.1 Å². The fraction of sp³-hybridized carbons (Fsp3) is 0.176. The van der Waals surface area contributed by atoms with Crippen LogP contribution >= 0.6 is 15.9 Å². The topological polar surface area (TPSA) is 92.6 Å². The number of carbonyl (C=O) groups is 2. The van der Waals surface area contributed by atoms with Gasteiger partial charge in [-0.05, 0) is 36.4 Å². The molecule has 8 heteroatoms. The Labute approximate surface area is 151 Å². The fourth-order valence-corrected chi connectivity index (χ4v) is 2.93. The summed E-state index contributed by atoms with van der Waals surface area (Å²) in [7, 11) is 0. The van der Waals surface area contributed by atoms with Gasteiger partial charge in [0.25, 0.3) is 5.69 Å². The number of rotatable bonds is 4. The van der Waals surface area contributed by atoms with Gasteiger partial charge in [-0.15, -0.1) is 0 Å². The van der Waals surface area contributed by atoms with Crippen molar-refractivity contribution in [3.8, 4) is 0 Å². The van der Waals surface area contributed by atoms with Crippen molar-refractivity contribution in [3.63, 3.8) is 0 Å². The maximum absolute atomic E-state index is 12.4. The van der Waals surface area contributed by atoms with Gasteiger partial charge in [-0.1, -0.05) is 15.9 Å². The number of hydrogen-bond donors (Lipinski definition) is 1. The lowest BCUT2D eigenvalue weighted by Gasteiger charge is -2.16. The molecule has 0 saturated carbocycles. The van der Waals surface area contributed by atoms with Crippen molar-refractivity contribution >= 4 is 44.8 Å². The van der Waals surface area contributed by atoms with E-state index in [0.717, 1.165) is 4.47 Å². The largest absolute Gasteiger partial charge is 0.326 e. The van der Waals surface area contributed by atoms with Crippen LogP contribution in [-0.2, 0) is 9.59 Å². The molecule has 0 spiro atoms. The summed E-state index contributed by atoms with van der Waals surface area (Å²) < 4.78 is 0.908. The minimum absolute atomic E-state index is 0.0417. The average molecular weight is 404 g/mol. The molecule has 0 radical (unpaired) electrons. The van der Waals surface area contributed by atoms with Gasteiger partial charge >= 0.3 is 0 Å². The number of nitro groups is 1. The van der Waals surface area contributed by atoms with Crippen molar-refractivity contribution in [2.75, 3.05) is 16.8 Å². The van der Waals surface area contributed by atoms with Crippen LogP contribution in [0.25, 0.3) is 0 Å². The summed E-state index contributed by atoms with van der Waals surface area (Å²) in [5, 5.41) is 13.5. The Morgan fingerprint density at radius 2 is 1.80 bits per heavy atom. The van der Waals surface area contributed by atoms with Gasteiger partial charge in [0.05, 0.1) is 10.8 Å². The minimum Gasteiger partial charge on any atom is -0.326 e. The molecule has 0 aromatic heterocycles. The van der Waals surface area contributed by atoms with Crippen LogP contribution in [0.5, 0.6) is 0 Å². The van der Waals surface area contributed by atoms with Gasteiger partial charge < -0.3 is 10.2 Å². The Morgan fingerprint density at radius 3 is 2.40 bits per heavy atom. The molecule has 2 aromatic rings. The molecule has 1 aliphatic heterocycles. The minimum atomic E-state index is -0.496. The van der Waals surface area contributed by atoms with Crippen molar-refractivity contribution in [1.82, 2.24) is 0 Å². The van der Waals surface area contributed by atoms with Gasteiger partial charge in [0.15, 0.2) is 0 Å². The van der Waals surface area contributed by atoms with Crippen LogP contribution in [0, 0.1) is 16.0 Å². The maximum Gasteiger partial charge on any atom is 0.269 e. The van der Waals surface area contributed by atoms with Gasteiger partial charge in [0.1, 0.15) is 0 Å². The molecular formula is C17H14BrN3O4. The van der Waals surface area contributed by atoms with Crippen LogP contribution in [0.15, 0.2) is 53.0 Å². The number of hydrogen-bond acceptors (Lipinski definition) is 4. The molecule has 2 aromatic carbocycles. The first-order chi connectivity index (χ1) is 11.9. The zero-order chi connectivity index (χ0) is 18.0. The first-order valence-corrected chi connectivity index (χ1v) is 8.34. The third-order valence-electron chi connectivity index (χ3n) is 3.98. The Hall–Kier alpha value is -2.74. The number of nitrogens with one attached hydrogen (secondary N) is 1. The van der Waals surface area contributed by atoms with E-state index in [-0.39, 0.29) is 30.5 Å². The summed E-state index contributed by atoms with van der Waals surface area (Å²) in [5.41, 5.74) is 1.17. The Bertz CT molecular complexity index is 821. The van der Waals surface area contributed by atoms with Crippen LogP contribution in [0.2, 0.25) is 0 Å². The lowest BCUT2D eigenvalue weighted by atomic mass is 10.1. The molecule has 1 fully saturated rings. The highest BCUT2D eigenvalue weighted by Gasteiger charge is 2.35. The lowest BCUT2D eigenvalue weighted by molar-refractivity contribution is -0.384. The van der Waals surface area contributed by atoms with Crippen molar-refractivity contribution in [2.24, 2.45) is 5.92 Å². The standard InChI is InChI=1S/C17H14BrN3O4/c18-12-1-3-13(4-2-12)19-17(23)11-9-16(22)20(10-11)14-5-7-15(8-6-14)21(24)25/h1-8,11H,9-10H2,(H,19,23)/t11-/m1/s1. The highest BCUT2D eigenvalue weighted by molar-refractivity contribution is 9.10. The molecule has 7 nitrogen and oxygen atoms in total. The predicted molar refractivity (Wildman–Crippen MR) is 96.3 cm³/mol. The summed E-state index contributed by atoms with van der Waals surface area (Å²) in [6, 6.07) is 12.9. The number of nitro benzene ring substituents is 1. The molecule has 1 aliphatic rings. The van der Waals surface area contributed by atoms with E-state index in [4.69, 9.17) is 0 Å². The SMILES string of the molecule is O=C(Nc1ccc(Br)cc1)[C@@H]1CC(=O)N(c2ccc([N+](=O)[O-])cc2)C1. The zero-order valence-corrected chi connectivity index (χ0v) is 14.6. The summed E-state index contributed by atoms with van der Waals surface area (Å²) in [6.45, 7) is 0.249. The van der Waals surface area contributed by atoms with Crippen LogP contribution in [0.3, 0.4) is 0 Å². The van der Waals surface area contributed by atoms with Crippen molar-refractivity contribution in [1.29, 1.82) is 0 Å². The number of carbonyl (C=O) groups excluding carboxylic acids is 2.